The van der Waals surface area contributed by atoms with Gasteiger partial charge in [0.1, 0.15) is 5.75 Å². The maximum absolute atomic E-state index is 11.9. The van der Waals surface area contributed by atoms with E-state index in [0.29, 0.717) is 17.1 Å². The molecule has 0 saturated heterocycles. The Morgan fingerprint density at radius 3 is 2.82 bits per heavy atom. The minimum atomic E-state index is -0.244. The number of hydrogen-bond donors (Lipinski definition) is 2. The molecule has 1 aliphatic rings. The lowest BCUT2D eigenvalue weighted by Gasteiger charge is -2.18. The highest BCUT2D eigenvalue weighted by atomic mass is 16.5. The summed E-state index contributed by atoms with van der Waals surface area (Å²) in [5.41, 5.74) is 2.09. The zero-order valence-electron chi connectivity index (χ0n) is 11.7. The van der Waals surface area contributed by atoms with Crippen molar-refractivity contribution < 1.29 is 14.3 Å². The zero-order valence-corrected chi connectivity index (χ0v) is 11.7. The first-order valence-electron chi connectivity index (χ1n) is 6.81. The van der Waals surface area contributed by atoms with Crippen molar-refractivity contribution in [3.63, 3.8) is 0 Å². The van der Waals surface area contributed by atoms with Crippen molar-refractivity contribution >= 4 is 29.3 Å². The van der Waals surface area contributed by atoms with Crippen LogP contribution in [0.3, 0.4) is 0 Å². The van der Waals surface area contributed by atoms with Crippen molar-refractivity contribution in [1.82, 2.24) is 0 Å². The summed E-state index contributed by atoms with van der Waals surface area (Å²) in [5.74, 6) is 0.143. The van der Waals surface area contributed by atoms with Crippen LogP contribution in [0.25, 0.3) is 6.08 Å². The molecule has 3 rings (SSSR count). The van der Waals surface area contributed by atoms with Crippen LogP contribution in [0, 0.1) is 0 Å². The highest BCUT2D eigenvalue weighted by Gasteiger charge is 2.16. The van der Waals surface area contributed by atoms with Crippen LogP contribution in [0.4, 0.5) is 11.4 Å². The van der Waals surface area contributed by atoms with Crippen molar-refractivity contribution in [1.29, 1.82) is 0 Å². The first kappa shape index (κ1) is 13.9. The topological polar surface area (TPSA) is 67.4 Å². The summed E-state index contributed by atoms with van der Waals surface area (Å²) < 4.78 is 5.26. The van der Waals surface area contributed by atoms with Gasteiger partial charge in [-0.2, -0.15) is 0 Å². The summed E-state index contributed by atoms with van der Waals surface area (Å²) >= 11 is 0. The van der Waals surface area contributed by atoms with Gasteiger partial charge in [-0.05, 0) is 29.8 Å². The summed E-state index contributed by atoms with van der Waals surface area (Å²) in [5, 5.41) is 5.44. The van der Waals surface area contributed by atoms with Gasteiger partial charge in [0.15, 0.2) is 6.61 Å². The van der Waals surface area contributed by atoms with E-state index >= 15 is 0 Å². The van der Waals surface area contributed by atoms with Gasteiger partial charge in [-0.25, -0.2) is 0 Å². The highest BCUT2D eigenvalue weighted by Crippen LogP contribution is 2.30. The van der Waals surface area contributed by atoms with Crippen molar-refractivity contribution in [3.05, 3.63) is 60.2 Å². The molecule has 0 saturated carbocycles. The van der Waals surface area contributed by atoms with Gasteiger partial charge in [-0.1, -0.05) is 30.3 Å². The molecule has 0 atom stereocenters. The molecule has 110 valence electrons. The summed E-state index contributed by atoms with van der Waals surface area (Å²) in [7, 11) is 0. The second kappa shape index (κ2) is 6.13. The van der Waals surface area contributed by atoms with E-state index < -0.39 is 0 Å². The fraction of sp³-hybridized carbons (Fsp3) is 0.0588. The molecular formula is C17H14N2O3. The lowest BCUT2D eigenvalue weighted by molar-refractivity contribution is -0.118. The fourth-order valence-corrected chi connectivity index (χ4v) is 2.08. The van der Waals surface area contributed by atoms with Gasteiger partial charge >= 0.3 is 0 Å². The molecular weight excluding hydrogens is 280 g/mol. The maximum atomic E-state index is 11.9. The molecule has 5 heteroatoms. The maximum Gasteiger partial charge on any atom is 0.262 e. The van der Waals surface area contributed by atoms with Crippen molar-refractivity contribution in [2.45, 2.75) is 0 Å². The molecule has 2 amide bonds. The summed E-state index contributed by atoms with van der Waals surface area (Å²) in [4.78, 5) is 23.2. The number of nitrogens with one attached hydrogen (secondary N) is 2. The Morgan fingerprint density at radius 1 is 1.18 bits per heavy atom. The van der Waals surface area contributed by atoms with Crippen LogP contribution in [0.1, 0.15) is 5.56 Å². The molecule has 5 nitrogen and oxygen atoms in total. The van der Waals surface area contributed by atoms with Crippen LogP contribution >= 0.6 is 0 Å². The Kier molecular flexibility index (Phi) is 3.87. The number of carbonyl (C=O) groups is 2. The number of carbonyl (C=O) groups excluding carboxylic acids is 2. The Labute approximate surface area is 127 Å². The first-order valence-corrected chi connectivity index (χ1v) is 6.81. The van der Waals surface area contributed by atoms with E-state index in [1.807, 2.05) is 30.3 Å². The van der Waals surface area contributed by atoms with E-state index in [9.17, 15) is 9.59 Å². The van der Waals surface area contributed by atoms with Crippen molar-refractivity contribution in [3.8, 4) is 5.75 Å². The van der Waals surface area contributed by atoms with E-state index in [1.54, 1.807) is 24.3 Å². The average Bonchev–Trinajstić information content (AvgIpc) is 2.53. The summed E-state index contributed by atoms with van der Waals surface area (Å²) in [6, 6.07) is 14.7. The van der Waals surface area contributed by atoms with E-state index in [-0.39, 0.29) is 18.4 Å². The smallest absolute Gasteiger partial charge is 0.262 e. The fourth-order valence-electron chi connectivity index (χ4n) is 2.08. The third-order valence-corrected chi connectivity index (χ3v) is 3.11. The molecule has 2 aromatic rings. The zero-order chi connectivity index (χ0) is 15.4. The summed E-state index contributed by atoms with van der Waals surface area (Å²) in [6.07, 6.45) is 3.20. The van der Waals surface area contributed by atoms with Gasteiger partial charge in [-0.3, -0.25) is 9.59 Å². The van der Waals surface area contributed by atoms with E-state index in [2.05, 4.69) is 10.6 Å². The molecule has 0 spiro atoms. The van der Waals surface area contributed by atoms with E-state index in [1.165, 1.54) is 6.08 Å². The second-order valence-corrected chi connectivity index (χ2v) is 4.78. The number of anilines is 2. The Bertz CT molecular complexity index is 739. The molecule has 0 radical (unpaired) electrons. The van der Waals surface area contributed by atoms with Gasteiger partial charge in [0.2, 0.25) is 5.91 Å². The molecule has 2 N–H and O–H groups in total. The molecule has 1 heterocycles. The lowest BCUT2D eigenvalue weighted by atomic mass is 10.2. The number of fused-ring (bicyclic) bond motifs is 1. The minimum absolute atomic E-state index is 0.0124. The number of ether oxygens (including phenoxy) is 1. The SMILES string of the molecule is O=C(/C=C/c1ccccc1)Nc1ccc2c(c1)NC(=O)CO2. The molecule has 2 aromatic carbocycles. The molecule has 0 fully saturated rings. The monoisotopic (exact) mass is 294 g/mol. The van der Waals surface area contributed by atoms with Gasteiger partial charge in [0.25, 0.3) is 5.91 Å². The number of benzene rings is 2. The van der Waals surface area contributed by atoms with Crippen LogP contribution in [0.2, 0.25) is 0 Å². The normalized spacial score (nSPS) is 13.2. The van der Waals surface area contributed by atoms with Gasteiger partial charge in [0.05, 0.1) is 5.69 Å². The Hall–Kier alpha value is -3.08. The quantitative estimate of drug-likeness (QED) is 0.855. The summed E-state index contributed by atoms with van der Waals surface area (Å²) in [6.45, 7) is 0.0124. The molecule has 0 bridgehead atoms. The predicted molar refractivity (Wildman–Crippen MR) is 84.7 cm³/mol. The van der Waals surface area contributed by atoms with Crippen LogP contribution in [0.5, 0.6) is 5.75 Å². The van der Waals surface area contributed by atoms with Crippen LogP contribution < -0.4 is 15.4 Å². The van der Waals surface area contributed by atoms with E-state index in [0.717, 1.165) is 5.56 Å². The first-order chi connectivity index (χ1) is 10.7. The predicted octanol–water partition coefficient (Wildman–Crippen LogP) is 2.67. The Balaban J connectivity index is 1.68. The van der Waals surface area contributed by atoms with Crippen LogP contribution in [-0.4, -0.2) is 18.4 Å². The minimum Gasteiger partial charge on any atom is -0.482 e. The lowest BCUT2D eigenvalue weighted by Crippen LogP contribution is -2.25. The molecule has 0 aliphatic carbocycles. The van der Waals surface area contributed by atoms with Crippen LogP contribution in [-0.2, 0) is 9.59 Å². The number of amides is 2. The standard InChI is InChI=1S/C17H14N2O3/c20-16(9-6-12-4-2-1-3-5-12)18-13-7-8-15-14(10-13)19-17(21)11-22-15/h1-10H,11H2,(H,18,20)(H,19,21)/b9-6+. The molecule has 0 unspecified atom stereocenters. The molecule has 22 heavy (non-hydrogen) atoms. The second-order valence-electron chi connectivity index (χ2n) is 4.78. The average molecular weight is 294 g/mol. The van der Waals surface area contributed by atoms with E-state index in [4.69, 9.17) is 4.74 Å². The van der Waals surface area contributed by atoms with Crippen LogP contribution in [0.15, 0.2) is 54.6 Å². The Morgan fingerprint density at radius 2 is 2.00 bits per heavy atom. The third kappa shape index (κ3) is 3.32. The van der Waals surface area contributed by atoms with Crippen molar-refractivity contribution in [2.75, 3.05) is 17.2 Å². The third-order valence-electron chi connectivity index (χ3n) is 3.11. The number of hydrogen-bond acceptors (Lipinski definition) is 3. The molecule has 0 aromatic heterocycles. The largest absolute Gasteiger partial charge is 0.482 e. The van der Waals surface area contributed by atoms with Crippen molar-refractivity contribution in [2.24, 2.45) is 0 Å². The molecule has 1 aliphatic heterocycles. The van der Waals surface area contributed by atoms with Gasteiger partial charge in [-0.15, -0.1) is 0 Å². The van der Waals surface area contributed by atoms with Gasteiger partial charge in [0, 0.05) is 11.8 Å². The highest BCUT2D eigenvalue weighted by molar-refractivity contribution is 6.03. The number of rotatable bonds is 3. The van der Waals surface area contributed by atoms with Gasteiger partial charge < -0.3 is 15.4 Å².